The van der Waals surface area contributed by atoms with Crippen molar-refractivity contribution < 1.29 is 23.7 Å². The molecule has 166 valence electrons. The van der Waals surface area contributed by atoms with Crippen LogP contribution < -0.4 is 14.8 Å². The highest BCUT2D eigenvalue weighted by atomic mass is 35.5. The normalized spacial score (nSPS) is 10.8. The summed E-state index contributed by atoms with van der Waals surface area (Å²) in [4.78, 5) is 22.8. The first kappa shape index (κ1) is 22.8. The highest BCUT2D eigenvalue weighted by Gasteiger charge is 2.22. The minimum Gasteiger partial charge on any atom is -0.490 e. The fraction of sp³-hybridized carbons (Fsp3) is 0.182. The first-order valence-electron chi connectivity index (χ1n) is 9.61. The molecule has 0 aliphatic carbocycles. The number of benzene rings is 2. The Balaban J connectivity index is 1.70. The summed E-state index contributed by atoms with van der Waals surface area (Å²) >= 11 is 5.91. The molecule has 0 radical (unpaired) electrons. The largest absolute Gasteiger partial charge is 0.490 e. The van der Waals surface area contributed by atoms with E-state index in [-0.39, 0.29) is 29.7 Å². The van der Waals surface area contributed by atoms with E-state index < -0.39 is 4.92 Å². The molecule has 0 unspecified atom stereocenters. The highest BCUT2D eigenvalue weighted by Crippen LogP contribution is 2.30. The average molecular weight is 458 g/mol. The minimum atomic E-state index is -0.539. The first-order valence-corrected chi connectivity index (χ1v) is 9.99. The quantitative estimate of drug-likeness (QED) is 0.349. The second-order valence-electron chi connectivity index (χ2n) is 6.56. The Morgan fingerprint density at radius 1 is 1.22 bits per heavy atom. The fourth-order valence-corrected chi connectivity index (χ4v) is 3.00. The predicted octanol–water partition coefficient (Wildman–Crippen LogP) is 5.13. The van der Waals surface area contributed by atoms with Gasteiger partial charge in [-0.3, -0.25) is 14.9 Å². The Hall–Kier alpha value is -3.85. The van der Waals surface area contributed by atoms with Gasteiger partial charge < -0.3 is 19.3 Å². The van der Waals surface area contributed by atoms with Gasteiger partial charge in [-0.15, -0.1) is 0 Å². The molecule has 0 saturated carbocycles. The molecule has 32 heavy (non-hydrogen) atoms. The molecule has 3 aromatic rings. The Morgan fingerprint density at radius 3 is 2.75 bits per heavy atom. The monoisotopic (exact) mass is 457 g/mol. The van der Waals surface area contributed by atoms with Gasteiger partial charge in [-0.25, -0.2) is 0 Å². The summed E-state index contributed by atoms with van der Waals surface area (Å²) in [7, 11) is 0. The van der Waals surface area contributed by atoms with Crippen LogP contribution in [0.25, 0.3) is 12.2 Å². The number of rotatable bonds is 9. The summed E-state index contributed by atoms with van der Waals surface area (Å²) in [5.41, 5.74) is 1.27. The van der Waals surface area contributed by atoms with Crippen LogP contribution in [-0.4, -0.2) is 29.2 Å². The minimum absolute atomic E-state index is 0.0449. The van der Waals surface area contributed by atoms with Crippen molar-refractivity contribution in [3.8, 4) is 11.5 Å². The highest BCUT2D eigenvalue weighted by molar-refractivity contribution is 6.30. The number of nitro groups is 1. The number of hydrogen-bond acceptors (Lipinski definition) is 7. The standard InChI is InChI=1S/C22H20ClN3O6/c1-3-30-20-11-15(8-10-19-22(26(28)29)14(2)25-32-19)7-9-18(20)31-13-21(27)24-17-6-4-5-16(23)12-17/h4-12H,3,13H2,1-2H3,(H,24,27)/b10-8-. The van der Waals surface area contributed by atoms with Crippen molar-refractivity contribution in [3.63, 3.8) is 0 Å². The van der Waals surface area contributed by atoms with Gasteiger partial charge in [-0.1, -0.05) is 35.0 Å². The molecule has 1 aromatic heterocycles. The molecule has 0 aliphatic heterocycles. The summed E-state index contributed by atoms with van der Waals surface area (Å²) in [6, 6.07) is 11.9. The SMILES string of the molecule is CCOc1cc(/C=C\c2onc(C)c2[N+](=O)[O-])ccc1OCC(=O)Nc1cccc(Cl)c1. The number of ether oxygens (including phenoxy) is 2. The number of aryl methyl sites for hydroxylation is 1. The van der Waals surface area contributed by atoms with Crippen molar-refractivity contribution in [1.82, 2.24) is 5.16 Å². The third-order valence-electron chi connectivity index (χ3n) is 4.20. The van der Waals surface area contributed by atoms with Crippen LogP contribution in [0.15, 0.2) is 47.0 Å². The third kappa shape index (κ3) is 5.86. The van der Waals surface area contributed by atoms with E-state index in [4.69, 9.17) is 25.6 Å². The lowest BCUT2D eigenvalue weighted by Gasteiger charge is -2.13. The zero-order chi connectivity index (χ0) is 23.1. The number of amides is 1. The Kier molecular flexibility index (Phi) is 7.45. The molecule has 9 nitrogen and oxygen atoms in total. The van der Waals surface area contributed by atoms with Gasteiger partial charge in [0, 0.05) is 10.7 Å². The molecule has 3 rings (SSSR count). The summed E-state index contributed by atoms with van der Waals surface area (Å²) < 4.78 is 16.2. The maximum Gasteiger partial charge on any atom is 0.338 e. The summed E-state index contributed by atoms with van der Waals surface area (Å²) in [6.45, 7) is 3.47. The molecule has 1 amide bonds. The van der Waals surface area contributed by atoms with E-state index >= 15 is 0 Å². The number of nitrogens with zero attached hydrogens (tertiary/aromatic N) is 2. The lowest BCUT2D eigenvalue weighted by Crippen LogP contribution is -2.20. The molecule has 1 heterocycles. The van der Waals surface area contributed by atoms with Gasteiger partial charge >= 0.3 is 5.69 Å². The Morgan fingerprint density at radius 2 is 2.03 bits per heavy atom. The van der Waals surface area contributed by atoms with E-state index in [1.54, 1.807) is 48.5 Å². The van der Waals surface area contributed by atoms with Gasteiger partial charge in [0.1, 0.15) is 0 Å². The van der Waals surface area contributed by atoms with Crippen LogP contribution in [0, 0.1) is 17.0 Å². The van der Waals surface area contributed by atoms with E-state index in [1.807, 2.05) is 6.92 Å². The maximum absolute atomic E-state index is 12.2. The Labute approximate surface area is 188 Å². The zero-order valence-corrected chi connectivity index (χ0v) is 18.1. The lowest BCUT2D eigenvalue weighted by atomic mass is 10.1. The molecule has 0 spiro atoms. The van der Waals surface area contributed by atoms with Crippen LogP contribution in [0.1, 0.15) is 23.9 Å². The average Bonchev–Trinajstić information content (AvgIpc) is 3.12. The van der Waals surface area contributed by atoms with Crippen LogP contribution >= 0.6 is 11.6 Å². The second-order valence-corrected chi connectivity index (χ2v) is 6.99. The van der Waals surface area contributed by atoms with E-state index in [9.17, 15) is 14.9 Å². The molecule has 0 bridgehead atoms. The van der Waals surface area contributed by atoms with Crippen molar-refractivity contribution in [2.24, 2.45) is 0 Å². The van der Waals surface area contributed by atoms with Crippen LogP contribution in [0.3, 0.4) is 0 Å². The van der Waals surface area contributed by atoms with Gasteiger partial charge in [0.05, 0.1) is 11.5 Å². The molecular formula is C22H20ClN3O6. The summed E-state index contributed by atoms with van der Waals surface area (Å²) in [5, 5.41) is 18.0. The fourth-order valence-electron chi connectivity index (χ4n) is 2.81. The van der Waals surface area contributed by atoms with Gasteiger partial charge in [0.2, 0.25) is 5.76 Å². The van der Waals surface area contributed by atoms with Crippen LogP contribution in [-0.2, 0) is 4.79 Å². The topological polar surface area (TPSA) is 117 Å². The second kappa shape index (κ2) is 10.5. The lowest BCUT2D eigenvalue weighted by molar-refractivity contribution is -0.386. The molecule has 0 atom stereocenters. The van der Waals surface area contributed by atoms with E-state index in [0.717, 1.165) is 0 Å². The van der Waals surface area contributed by atoms with Gasteiger partial charge in [-0.2, -0.15) is 0 Å². The van der Waals surface area contributed by atoms with E-state index in [0.29, 0.717) is 34.4 Å². The summed E-state index contributed by atoms with van der Waals surface area (Å²) in [6.07, 6.45) is 3.09. The van der Waals surface area contributed by atoms with Crippen molar-refractivity contribution in [1.29, 1.82) is 0 Å². The molecule has 10 heteroatoms. The van der Waals surface area contributed by atoms with Crippen LogP contribution in [0.5, 0.6) is 11.5 Å². The number of carbonyl (C=O) groups is 1. The van der Waals surface area contributed by atoms with Crippen LogP contribution in [0.4, 0.5) is 11.4 Å². The smallest absolute Gasteiger partial charge is 0.338 e. The molecule has 0 aliphatic rings. The van der Waals surface area contributed by atoms with Crippen molar-refractivity contribution in [3.05, 3.63) is 74.6 Å². The van der Waals surface area contributed by atoms with Crippen LogP contribution in [0.2, 0.25) is 5.02 Å². The van der Waals surface area contributed by atoms with Crippen molar-refractivity contribution in [2.75, 3.05) is 18.5 Å². The number of carbonyl (C=O) groups excluding carboxylic acids is 1. The molecule has 0 fully saturated rings. The molecular weight excluding hydrogens is 438 g/mol. The van der Waals surface area contributed by atoms with Gasteiger partial charge in [-0.05, 0) is 55.8 Å². The zero-order valence-electron chi connectivity index (χ0n) is 17.3. The summed E-state index contributed by atoms with van der Waals surface area (Å²) in [5.74, 6) is 0.496. The molecule has 2 aromatic carbocycles. The Bertz CT molecular complexity index is 1160. The number of hydrogen-bond donors (Lipinski definition) is 1. The molecule has 0 saturated heterocycles. The third-order valence-corrected chi connectivity index (χ3v) is 4.44. The predicted molar refractivity (Wildman–Crippen MR) is 120 cm³/mol. The molecule has 1 N–H and O–H groups in total. The van der Waals surface area contributed by atoms with Gasteiger partial charge in [0.15, 0.2) is 23.8 Å². The number of halogens is 1. The first-order chi connectivity index (χ1) is 15.4. The maximum atomic E-state index is 12.2. The van der Waals surface area contributed by atoms with Crippen molar-refractivity contribution in [2.45, 2.75) is 13.8 Å². The van der Waals surface area contributed by atoms with Gasteiger partial charge in [0.25, 0.3) is 5.91 Å². The van der Waals surface area contributed by atoms with Crippen molar-refractivity contribution >= 4 is 41.0 Å². The number of anilines is 1. The van der Waals surface area contributed by atoms with E-state index in [1.165, 1.54) is 13.0 Å². The van der Waals surface area contributed by atoms with E-state index in [2.05, 4.69) is 10.5 Å². The number of nitrogens with one attached hydrogen (secondary N) is 1. The number of aromatic nitrogens is 1.